The van der Waals surface area contributed by atoms with Crippen LogP contribution in [0.5, 0.6) is 0 Å². The second-order valence-corrected chi connectivity index (χ2v) is 8.26. The number of alkyl halides is 3. The Balaban J connectivity index is 1.70. The molecular weight excluding hydrogens is 393 g/mol. The molecule has 0 radical (unpaired) electrons. The summed E-state index contributed by atoms with van der Waals surface area (Å²) in [5, 5.41) is 9.11. The summed E-state index contributed by atoms with van der Waals surface area (Å²) in [5.41, 5.74) is 2.47. The topological polar surface area (TPSA) is 43.8 Å². The third kappa shape index (κ3) is 3.30. The van der Waals surface area contributed by atoms with Gasteiger partial charge < -0.3 is 14.9 Å². The first-order valence-electron chi connectivity index (χ1n) is 10.3. The summed E-state index contributed by atoms with van der Waals surface area (Å²) < 4.78 is 40.1. The van der Waals surface area contributed by atoms with E-state index in [4.69, 9.17) is 5.11 Å². The Bertz CT molecular complexity index is 963. The zero-order valence-electron chi connectivity index (χ0n) is 17.0. The molecule has 0 atom stereocenters. The van der Waals surface area contributed by atoms with E-state index in [1.807, 2.05) is 43.0 Å². The average Bonchev–Trinajstić information content (AvgIpc) is 3.00. The lowest BCUT2D eigenvalue weighted by Gasteiger charge is -2.39. The van der Waals surface area contributed by atoms with E-state index in [0.717, 1.165) is 41.5 Å². The van der Waals surface area contributed by atoms with Gasteiger partial charge in [0.25, 0.3) is 0 Å². The predicted molar refractivity (Wildman–Crippen MR) is 110 cm³/mol. The summed E-state index contributed by atoms with van der Waals surface area (Å²) in [7, 11) is 0. The summed E-state index contributed by atoms with van der Waals surface area (Å²) >= 11 is 0. The minimum absolute atomic E-state index is 0.336. The quantitative estimate of drug-likeness (QED) is 0.703. The Morgan fingerprint density at radius 1 is 1.10 bits per heavy atom. The number of nitrogens with zero attached hydrogens (tertiary/aromatic N) is 2. The molecule has 0 amide bonds. The Labute approximate surface area is 173 Å². The smallest absolute Gasteiger partial charge is 0.416 e. The first-order valence-corrected chi connectivity index (χ1v) is 10.3. The maximum Gasteiger partial charge on any atom is 0.416 e. The molecule has 2 aliphatic heterocycles. The van der Waals surface area contributed by atoms with Gasteiger partial charge in [-0.3, -0.25) is 4.79 Å². The summed E-state index contributed by atoms with van der Waals surface area (Å²) in [4.78, 5) is 15.2. The molecule has 4 rings (SSSR count). The molecule has 0 spiro atoms. The van der Waals surface area contributed by atoms with E-state index in [1.165, 1.54) is 6.07 Å². The minimum atomic E-state index is -4.37. The highest BCUT2D eigenvalue weighted by Gasteiger charge is 2.43. The fourth-order valence-electron chi connectivity index (χ4n) is 4.63. The Morgan fingerprint density at radius 3 is 2.37 bits per heavy atom. The van der Waals surface area contributed by atoms with Gasteiger partial charge in [-0.15, -0.1) is 0 Å². The van der Waals surface area contributed by atoms with Gasteiger partial charge in [0.2, 0.25) is 0 Å². The van der Waals surface area contributed by atoms with E-state index in [2.05, 4.69) is 4.90 Å². The zero-order valence-corrected chi connectivity index (χ0v) is 17.0. The highest BCUT2D eigenvalue weighted by atomic mass is 19.4. The molecular formula is C23H25F3N2O2. The van der Waals surface area contributed by atoms with Crippen LogP contribution in [0.25, 0.3) is 0 Å². The van der Waals surface area contributed by atoms with E-state index in [-0.39, 0.29) is 11.3 Å². The van der Waals surface area contributed by atoms with Crippen LogP contribution in [0.4, 0.5) is 30.2 Å². The molecule has 7 heteroatoms. The van der Waals surface area contributed by atoms with Crippen LogP contribution in [0.3, 0.4) is 0 Å². The number of carboxylic acids is 1. The molecule has 30 heavy (non-hydrogen) atoms. The first kappa shape index (κ1) is 20.6. The van der Waals surface area contributed by atoms with Crippen molar-refractivity contribution in [2.45, 2.75) is 38.3 Å². The van der Waals surface area contributed by atoms with Gasteiger partial charge in [-0.2, -0.15) is 13.2 Å². The van der Waals surface area contributed by atoms with E-state index >= 15 is 0 Å². The number of carboxylic acid groups (broad SMARTS) is 1. The number of carbonyl (C=O) groups is 1. The zero-order chi connectivity index (χ0) is 21.7. The summed E-state index contributed by atoms with van der Waals surface area (Å²) in [6.45, 7) is 5.62. The highest BCUT2D eigenvalue weighted by Crippen LogP contribution is 2.50. The molecule has 2 heterocycles. The van der Waals surface area contributed by atoms with Gasteiger partial charge in [0.15, 0.2) is 0 Å². The monoisotopic (exact) mass is 418 g/mol. The Morgan fingerprint density at radius 2 is 1.77 bits per heavy atom. The highest BCUT2D eigenvalue weighted by molar-refractivity contribution is 5.77. The minimum Gasteiger partial charge on any atom is -0.481 e. The van der Waals surface area contributed by atoms with Gasteiger partial charge >= 0.3 is 12.1 Å². The van der Waals surface area contributed by atoms with Crippen molar-refractivity contribution in [3.8, 4) is 0 Å². The van der Waals surface area contributed by atoms with Gasteiger partial charge in [0, 0.05) is 42.1 Å². The Hall–Kier alpha value is -2.70. The van der Waals surface area contributed by atoms with Crippen molar-refractivity contribution in [2.75, 3.05) is 29.4 Å². The van der Waals surface area contributed by atoms with Crippen LogP contribution in [-0.4, -0.2) is 30.7 Å². The molecule has 2 aromatic carbocycles. The van der Waals surface area contributed by atoms with Gasteiger partial charge in [-0.1, -0.05) is 19.9 Å². The lowest BCUT2D eigenvalue weighted by atomic mass is 9.77. The maximum absolute atomic E-state index is 13.4. The van der Waals surface area contributed by atoms with Crippen molar-refractivity contribution in [2.24, 2.45) is 5.92 Å². The molecule has 0 aromatic heterocycles. The molecule has 2 aromatic rings. The average molecular weight is 418 g/mol. The van der Waals surface area contributed by atoms with Crippen LogP contribution >= 0.6 is 0 Å². The summed E-state index contributed by atoms with van der Waals surface area (Å²) in [6.07, 6.45) is -2.87. The van der Waals surface area contributed by atoms with Gasteiger partial charge in [0.1, 0.15) is 0 Å². The molecule has 1 N–H and O–H groups in total. The van der Waals surface area contributed by atoms with Crippen LogP contribution in [0.2, 0.25) is 0 Å². The third-order valence-electron chi connectivity index (χ3n) is 6.74. The van der Waals surface area contributed by atoms with Crippen molar-refractivity contribution in [1.29, 1.82) is 0 Å². The van der Waals surface area contributed by atoms with Crippen molar-refractivity contribution >= 4 is 23.0 Å². The molecule has 0 unspecified atom stereocenters. The van der Waals surface area contributed by atoms with Crippen LogP contribution in [0.15, 0.2) is 42.5 Å². The second kappa shape index (κ2) is 7.22. The Kier molecular flexibility index (Phi) is 4.95. The largest absolute Gasteiger partial charge is 0.481 e. The third-order valence-corrected chi connectivity index (χ3v) is 6.74. The molecule has 0 aliphatic carbocycles. The van der Waals surface area contributed by atoms with Crippen LogP contribution in [-0.2, 0) is 16.4 Å². The van der Waals surface area contributed by atoms with Gasteiger partial charge in [-0.05, 0) is 54.8 Å². The normalized spacial score (nSPS) is 18.3. The lowest BCUT2D eigenvalue weighted by Crippen LogP contribution is -2.50. The molecule has 0 bridgehead atoms. The molecule has 160 valence electrons. The van der Waals surface area contributed by atoms with Crippen LogP contribution in [0, 0.1) is 5.92 Å². The number of aliphatic carboxylic acids is 1. The number of rotatable bonds is 5. The summed E-state index contributed by atoms with van der Waals surface area (Å²) in [5.74, 6) is -1.14. The molecule has 4 nitrogen and oxygen atoms in total. The molecule has 1 saturated heterocycles. The van der Waals surface area contributed by atoms with Crippen molar-refractivity contribution < 1.29 is 23.1 Å². The van der Waals surface area contributed by atoms with E-state index in [9.17, 15) is 18.0 Å². The fraction of sp³-hybridized carbons (Fsp3) is 0.435. The van der Waals surface area contributed by atoms with E-state index in [1.54, 1.807) is 6.07 Å². The van der Waals surface area contributed by atoms with Gasteiger partial charge in [-0.25, -0.2) is 0 Å². The van der Waals surface area contributed by atoms with Crippen molar-refractivity contribution in [3.63, 3.8) is 0 Å². The van der Waals surface area contributed by atoms with Crippen LogP contribution < -0.4 is 9.80 Å². The fourth-order valence-corrected chi connectivity index (χ4v) is 4.63. The molecule has 2 aliphatic rings. The number of hydrogen-bond donors (Lipinski definition) is 1. The summed E-state index contributed by atoms with van der Waals surface area (Å²) in [6, 6.07) is 11.9. The maximum atomic E-state index is 13.4. The number of fused-ring (bicyclic) bond motifs is 1. The predicted octanol–water partition coefficient (Wildman–Crippen LogP) is 5.44. The number of benzene rings is 2. The second-order valence-electron chi connectivity index (χ2n) is 8.26. The SMILES string of the molecule is CCC1(CC)CN(c2cccc(N3CC(C(=O)O)C3)c2)c2ccc(C(F)(F)F)cc21. The van der Waals surface area contributed by atoms with Crippen molar-refractivity contribution in [3.05, 3.63) is 53.6 Å². The van der Waals surface area contributed by atoms with Gasteiger partial charge in [0.05, 0.1) is 11.5 Å². The number of halogens is 3. The number of hydrogen-bond acceptors (Lipinski definition) is 3. The molecule has 0 saturated carbocycles. The van der Waals surface area contributed by atoms with E-state index in [0.29, 0.717) is 19.6 Å². The lowest BCUT2D eigenvalue weighted by molar-refractivity contribution is -0.142. The van der Waals surface area contributed by atoms with E-state index < -0.39 is 17.7 Å². The molecule has 1 fully saturated rings. The van der Waals surface area contributed by atoms with Crippen molar-refractivity contribution in [1.82, 2.24) is 0 Å². The standard InChI is InChI=1S/C23H25F3N2O2/c1-3-22(4-2)14-28(20-9-8-16(10-19(20)22)23(24,25)26)18-7-5-6-17(11-18)27-12-15(13-27)21(29)30/h5-11,15H,3-4,12-14H2,1-2H3,(H,29,30). The van der Waals surface area contributed by atoms with Crippen LogP contribution in [0.1, 0.15) is 37.8 Å². The first-order chi connectivity index (χ1) is 14.2. The number of anilines is 3.